The first-order valence-corrected chi connectivity index (χ1v) is 8.50. The maximum absolute atomic E-state index is 12.5. The van der Waals surface area contributed by atoms with Crippen LogP contribution in [0.3, 0.4) is 0 Å². The molecule has 30 heavy (non-hydrogen) atoms. The molecule has 0 spiro atoms. The van der Waals surface area contributed by atoms with Gasteiger partial charge in [0.2, 0.25) is 0 Å². The van der Waals surface area contributed by atoms with Crippen LogP contribution in [0.25, 0.3) is 0 Å². The summed E-state index contributed by atoms with van der Waals surface area (Å²) in [7, 11) is 0. The Labute approximate surface area is 166 Å². The number of carbonyl (C=O) groups is 4. The number of hydrogen-bond donors (Lipinski definition) is 0. The summed E-state index contributed by atoms with van der Waals surface area (Å²) in [6.45, 7) is -0.651. The Balaban J connectivity index is 1.54. The van der Waals surface area contributed by atoms with E-state index in [1.54, 1.807) is 0 Å². The van der Waals surface area contributed by atoms with Crippen molar-refractivity contribution in [2.45, 2.75) is 0 Å². The minimum Gasteiger partial charge on any atom is -0.273 e. The zero-order chi connectivity index (χ0) is 21.7. The third kappa shape index (κ3) is 2.70. The van der Waals surface area contributed by atoms with Crippen LogP contribution in [0.15, 0.2) is 36.4 Å². The van der Waals surface area contributed by atoms with Crippen molar-refractivity contribution in [1.29, 1.82) is 0 Å². The number of fused-ring (bicyclic) bond motifs is 2. The van der Waals surface area contributed by atoms with E-state index in [2.05, 4.69) is 0 Å². The highest BCUT2D eigenvalue weighted by Crippen LogP contribution is 2.29. The van der Waals surface area contributed by atoms with Crippen molar-refractivity contribution in [3.05, 3.63) is 78.9 Å². The molecule has 12 nitrogen and oxygen atoms in total. The number of amides is 4. The van der Waals surface area contributed by atoms with Crippen molar-refractivity contribution >= 4 is 35.0 Å². The van der Waals surface area contributed by atoms with Crippen LogP contribution in [-0.2, 0) is 0 Å². The molecule has 0 fully saturated rings. The molecule has 2 aromatic rings. The number of rotatable bonds is 5. The summed E-state index contributed by atoms with van der Waals surface area (Å²) in [4.78, 5) is 71.9. The van der Waals surface area contributed by atoms with Gasteiger partial charge in [0, 0.05) is 37.4 Å². The van der Waals surface area contributed by atoms with E-state index < -0.39 is 33.5 Å². The van der Waals surface area contributed by atoms with Crippen molar-refractivity contribution in [2.75, 3.05) is 13.1 Å². The van der Waals surface area contributed by atoms with Crippen LogP contribution < -0.4 is 0 Å². The first-order valence-electron chi connectivity index (χ1n) is 8.50. The number of nitrogens with zero attached hydrogens (tertiary/aromatic N) is 4. The molecule has 0 radical (unpaired) electrons. The van der Waals surface area contributed by atoms with E-state index in [1.807, 2.05) is 0 Å². The van der Waals surface area contributed by atoms with Crippen LogP contribution in [0.2, 0.25) is 0 Å². The van der Waals surface area contributed by atoms with Gasteiger partial charge in [0.15, 0.2) is 0 Å². The molecule has 2 aliphatic rings. The van der Waals surface area contributed by atoms with Gasteiger partial charge >= 0.3 is 0 Å². The summed E-state index contributed by atoms with van der Waals surface area (Å²) < 4.78 is 0. The van der Waals surface area contributed by atoms with Gasteiger partial charge in [0.25, 0.3) is 35.0 Å². The van der Waals surface area contributed by atoms with E-state index in [9.17, 15) is 39.4 Å². The number of hydrogen-bond acceptors (Lipinski definition) is 8. The lowest BCUT2D eigenvalue weighted by atomic mass is 10.1. The largest absolute Gasteiger partial charge is 0.273 e. The lowest BCUT2D eigenvalue weighted by molar-refractivity contribution is -0.385. The predicted octanol–water partition coefficient (Wildman–Crippen LogP) is 1.40. The van der Waals surface area contributed by atoms with Crippen molar-refractivity contribution in [3.63, 3.8) is 0 Å². The van der Waals surface area contributed by atoms with Crippen LogP contribution in [-0.4, -0.2) is 56.4 Å². The summed E-state index contributed by atoms with van der Waals surface area (Å²) in [5, 5.41) is 21.8. The molecule has 150 valence electrons. The normalized spacial score (nSPS) is 14.9. The van der Waals surface area contributed by atoms with E-state index in [4.69, 9.17) is 0 Å². The maximum atomic E-state index is 12.5. The molecule has 4 amide bonds. The monoisotopic (exact) mass is 410 g/mol. The van der Waals surface area contributed by atoms with Crippen molar-refractivity contribution in [2.24, 2.45) is 0 Å². The molecular formula is C18H10N4O8. The van der Waals surface area contributed by atoms with Crippen molar-refractivity contribution in [3.8, 4) is 0 Å². The highest BCUT2D eigenvalue weighted by atomic mass is 16.6. The van der Waals surface area contributed by atoms with Gasteiger partial charge in [-0.15, -0.1) is 0 Å². The van der Waals surface area contributed by atoms with Gasteiger partial charge in [-0.1, -0.05) is 0 Å². The summed E-state index contributed by atoms with van der Waals surface area (Å²) in [6.07, 6.45) is 0. The van der Waals surface area contributed by atoms with Crippen LogP contribution in [0.4, 0.5) is 11.4 Å². The number of benzene rings is 2. The average Bonchev–Trinajstić information content (AvgIpc) is 3.10. The Morgan fingerprint density at radius 3 is 1.27 bits per heavy atom. The van der Waals surface area contributed by atoms with Gasteiger partial charge in [0.05, 0.1) is 32.1 Å². The molecule has 2 aliphatic heterocycles. The minimum absolute atomic E-state index is 0.0106. The Hall–Kier alpha value is -4.48. The molecule has 2 heterocycles. The zero-order valence-electron chi connectivity index (χ0n) is 14.9. The van der Waals surface area contributed by atoms with Gasteiger partial charge in [-0.05, 0) is 12.1 Å². The Kier molecular flexibility index (Phi) is 4.12. The van der Waals surface area contributed by atoms with Gasteiger partial charge in [-0.2, -0.15) is 0 Å². The van der Waals surface area contributed by atoms with Gasteiger partial charge in [0.1, 0.15) is 0 Å². The van der Waals surface area contributed by atoms with Crippen molar-refractivity contribution < 1.29 is 29.0 Å². The second-order valence-corrected chi connectivity index (χ2v) is 6.50. The zero-order valence-corrected chi connectivity index (χ0v) is 14.9. The van der Waals surface area contributed by atoms with Crippen molar-refractivity contribution in [1.82, 2.24) is 9.80 Å². The van der Waals surface area contributed by atoms with E-state index in [1.165, 1.54) is 12.1 Å². The fourth-order valence-corrected chi connectivity index (χ4v) is 3.39. The Morgan fingerprint density at radius 2 is 0.933 bits per heavy atom. The van der Waals surface area contributed by atoms with E-state index in [0.29, 0.717) is 0 Å². The topological polar surface area (TPSA) is 161 Å². The summed E-state index contributed by atoms with van der Waals surface area (Å²) in [5.41, 5.74) is -0.982. The molecule has 0 unspecified atom stereocenters. The van der Waals surface area contributed by atoms with E-state index in [-0.39, 0.29) is 46.7 Å². The first kappa shape index (κ1) is 18.9. The van der Waals surface area contributed by atoms with Crippen LogP contribution in [0, 0.1) is 20.2 Å². The van der Waals surface area contributed by atoms with Gasteiger partial charge in [-0.25, -0.2) is 0 Å². The molecule has 0 N–H and O–H groups in total. The number of imide groups is 2. The molecule has 12 heteroatoms. The lowest BCUT2D eigenvalue weighted by Gasteiger charge is -2.18. The minimum atomic E-state index is -0.772. The number of nitro groups is 2. The molecular weight excluding hydrogens is 400 g/mol. The van der Waals surface area contributed by atoms with E-state index >= 15 is 0 Å². The van der Waals surface area contributed by atoms with Gasteiger partial charge < -0.3 is 0 Å². The first-order chi connectivity index (χ1) is 14.2. The Bertz CT molecular complexity index is 1110. The van der Waals surface area contributed by atoms with Crippen LogP contribution in [0.1, 0.15) is 41.4 Å². The smallest absolute Gasteiger partial charge is 0.270 e. The summed E-state index contributed by atoms with van der Waals surface area (Å²) in [6, 6.07) is 6.55. The van der Waals surface area contributed by atoms with Gasteiger partial charge in [-0.3, -0.25) is 49.2 Å². The average molecular weight is 410 g/mol. The quantitative estimate of drug-likeness (QED) is 0.406. The molecule has 0 saturated heterocycles. The molecule has 0 atom stereocenters. The third-order valence-corrected chi connectivity index (χ3v) is 4.88. The van der Waals surface area contributed by atoms with Crippen LogP contribution in [0.5, 0.6) is 0 Å². The maximum Gasteiger partial charge on any atom is 0.270 e. The fourth-order valence-electron chi connectivity index (χ4n) is 3.39. The number of non-ortho nitro benzene ring substituents is 2. The standard InChI is InChI=1S/C18H10N4O8/c23-15-11-3-1-9(21(27)28)7-13(11)17(25)19(15)5-6-20-16(24)12-4-2-10(22(29)30)8-14(12)18(20)26/h1-4,7-8H,5-6H2. The highest BCUT2D eigenvalue weighted by molar-refractivity contribution is 6.23. The fraction of sp³-hybridized carbons (Fsp3) is 0.111. The number of carbonyl (C=O) groups excluding carboxylic acids is 4. The molecule has 0 aromatic heterocycles. The molecule has 0 bridgehead atoms. The van der Waals surface area contributed by atoms with E-state index in [0.717, 1.165) is 34.1 Å². The molecule has 4 rings (SSSR count). The van der Waals surface area contributed by atoms with Crippen LogP contribution >= 0.6 is 0 Å². The lowest BCUT2D eigenvalue weighted by Crippen LogP contribution is -2.40. The Morgan fingerprint density at radius 1 is 0.600 bits per heavy atom. The second-order valence-electron chi connectivity index (χ2n) is 6.50. The predicted molar refractivity (Wildman–Crippen MR) is 96.9 cm³/mol. The number of nitro benzene ring substituents is 2. The molecule has 0 aliphatic carbocycles. The third-order valence-electron chi connectivity index (χ3n) is 4.88. The summed E-state index contributed by atoms with van der Waals surface area (Å²) in [5.74, 6) is -2.94. The SMILES string of the molecule is O=C1c2ccc([N+](=O)[O-])cc2C(=O)N1CCN1C(=O)c2ccc([N+](=O)[O-])cc2C1=O. The second kappa shape index (κ2) is 6.55. The molecule has 2 aromatic carbocycles. The molecule has 0 saturated carbocycles. The highest BCUT2D eigenvalue weighted by Gasteiger charge is 2.40. The summed E-state index contributed by atoms with van der Waals surface area (Å²) >= 11 is 0.